The van der Waals surface area contributed by atoms with Crippen molar-refractivity contribution in [3.8, 4) is 5.75 Å². The van der Waals surface area contributed by atoms with Crippen LogP contribution in [0.5, 0.6) is 5.75 Å². The molecular weight excluding hydrogens is 364 g/mol. The van der Waals surface area contributed by atoms with Crippen molar-refractivity contribution in [1.29, 1.82) is 0 Å². The molecule has 2 aliphatic heterocycles. The minimum atomic E-state index is -3.25. The standard InChI is InChI=1S/C20H30N2O4S/c1-16(2)8-13-22-14-17-9-11-21(12-10-19(17)27(22,24)25)20(23)15-26-18-6-4-3-5-7-18/h3-7,16-17,19H,8-15H2,1-2H3/t17-,19-/m0/s1. The molecule has 2 heterocycles. The molecule has 2 saturated heterocycles. The van der Waals surface area contributed by atoms with Gasteiger partial charge in [-0.2, -0.15) is 0 Å². The highest BCUT2D eigenvalue weighted by atomic mass is 32.2. The van der Waals surface area contributed by atoms with Crippen LogP contribution in [0.15, 0.2) is 30.3 Å². The Hall–Kier alpha value is -1.60. The van der Waals surface area contributed by atoms with Crippen molar-refractivity contribution < 1.29 is 17.9 Å². The summed E-state index contributed by atoms with van der Waals surface area (Å²) in [6, 6.07) is 9.26. The molecule has 7 heteroatoms. The molecule has 1 amide bonds. The Morgan fingerprint density at radius 3 is 2.59 bits per heavy atom. The fourth-order valence-corrected chi connectivity index (χ4v) is 6.17. The number of carbonyl (C=O) groups excluding carboxylic acids is 1. The molecule has 1 aromatic carbocycles. The number of ether oxygens (including phenoxy) is 1. The molecule has 0 radical (unpaired) electrons. The van der Waals surface area contributed by atoms with Crippen molar-refractivity contribution in [2.75, 3.05) is 32.8 Å². The average molecular weight is 395 g/mol. The molecule has 27 heavy (non-hydrogen) atoms. The summed E-state index contributed by atoms with van der Waals surface area (Å²) in [7, 11) is -3.25. The van der Waals surface area contributed by atoms with Gasteiger partial charge in [0, 0.05) is 26.2 Å². The lowest BCUT2D eigenvalue weighted by Crippen LogP contribution is -2.37. The summed E-state index contributed by atoms with van der Waals surface area (Å²) in [6.07, 6.45) is 2.14. The van der Waals surface area contributed by atoms with Crippen LogP contribution < -0.4 is 4.74 Å². The smallest absolute Gasteiger partial charge is 0.260 e. The van der Waals surface area contributed by atoms with Crippen LogP contribution in [-0.4, -0.2) is 61.6 Å². The molecule has 0 N–H and O–H groups in total. The summed E-state index contributed by atoms with van der Waals surface area (Å²) in [5.41, 5.74) is 0. The van der Waals surface area contributed by atoms with Crippen LogP contribution in [0.2, 0.25) is 0 Å². The summed E-state index contributed by atoms with van der Waals surface area (Å²) in [5.74, 6) is 1.20. The maximum absolute atomic E-state index is 12.9. The van der Waals surface area contributed by atoms with E-state index in [-0.39, 0.29) is 23.7 Å². The fraction of sp³-hybridized carbons (Fsp3) is 0.650. The molecule has 3 rings (SSSR count). The molecule has 2 fully saturated rings. The zero-order chi connectivity index (χ0) is 19.4. The van der Waals surface area contributed by atoms with Crippen LogP contribution in [0.4, 0.5) is 0 Å². The Kier molecular flexibility index (Phi) is 6.42. The largest absolute Gasteiger partial charge is 0.484 e. The van der Waals surface area contributed by atoms with Crippen molar-refractivity contribution in [2.45, 2.75) is 38.4 Å². The van der Waals surface area contributed by atoms with E-state index in [1.165, 1.54) is 0 Å². The van der Waals surface area contributed by atoms with E-state index < -0.39 is 10.0 Å². The molecule has 0 bridgehead atoms. The number of likely N-dealkylation sites (tertiary alicyclic amines) is 1. The zero-order valence-corrected chi connectivity index (χ0v) is 17.0. The number of benzene rings is 1. The minimum absolute atomic E-state index is 0.00733. The summed E-state index contributed by atoms with van der Waals surface area (Å²) in [4.78, 5) is 14.2. The van der Waals surface area contributed by atoms with Gasteiger partial charge in [0.15, 0.2) is 6.61 Å². The first-order valence-electron chi connectivity index (χ1n) is 9.82. The number of hydrogen-bond acceptors (Lipinski definition) is 4. The maximum atomic E-state index is 12.9. The van der Waals surface area contributed by atoms with Gasteiger partial charge in [-0.15, -0.1) is 0 Å². The number of sulfonamides is 1. The van der Waals surface area contributed by atoms with E-state index in [0.29, 0.717) is 44.3 Å². The Bertz CT molecular complexity index is 736. The zero-order valence-electron chi connectivity index (χ0n) is 16.2. The second-order valence-corrected chi connectivity index (χ2v) is 10.1. The predicted octanol–water partition coefficient (Wildman–Crippen LogP) is 2.36. The van der Waals surface area contributed by atoms with Crippen molar-refractivity contribution in [1.82, 2.24) is 9.21 Å². The van der Waals surface area contributed by atoms with Crippen LogP contribution in [0.1, 0.15) is 33.1 Å². The maximum Gasteiger partial charge on any atom is 0.260 e. The third kappa shape index (κ3) is 4.82. The second kappa shape index (κ2) is 8.61. The number of para-hydroxylation sites is 1. The van der Waals surface area contributed by atoms with Gasteiger partial charge >= 0.3 is 0 Å². The van der Waals surface area contributed by atoms with Crippen LogP contribution >= 0.6 is 0 Å². The normalized spacial score (nSPS) is 25.2. The number of fused-ring (bicyclic) bond motifs is 1. The predicted molar refractivity (Wildman–Crippen MR) is 105 cm³/mol. The van der Waals surface area contributed by atoms with Gasteiger partial charge in [0.1, 0.15) is 5.75 Å². The molecule has 0 spiro atoms. The van der Waals surface area contributed by atoms with E-state index in [1.807, 2.05) is 30.3 Å². The van der Waals surface area contributed by atoms with Gasteiger partial charge in [-0.25, -0.2) is 12.7 Å². The van der Waals surface area contributed by atoms with Crippen LogP contribution in [0.3, 0.4) is 0 Å². The summed E-state index contributed by atoms with van der Waals surface area (Å²) >= 11 is 0. The van der Waals surface area contributed by atoms with Crippen LogP contribution in [0.25, 0.3) is 0 Å². The summed E-state index contributed by atoms with van der Waals surface area (Å²) in [6.45, 7) is 6.51. The molecule has 2 atom stereocenters. The van der Waals surface area contributed by atoms with Crippen molar-refractivity contribution >= 4 is 15.9 Å². The van der Waals surface area contributed by atoms with Gasteiger partial charge in [0.2, 0.25) is 10.0 Å². The van der Waals surface area contributed by atoms with Crippen molar-refractivity contribution in [2.24, 2.45) is 11.8 Å². The quantitative estimate of drug-likeness (QED) is 0.743. The molecule has 0 saturated carbocycles. The first kappa shape index (κ1) is 20.1. The Balaban J connectivity index is 1.55. The van der Waals surface area contributed by atoms with Crippen molar-refractivity contribution in [3.63, 3.8) is 0 Å². The van der Waals surface area contributed by atoms with E-state index >= 15 is 0 Å². The molecule has 1 aromatic rings. The Labute approximate surface area is 162 Å². The lowest BCUT2D eigenvalue weighted by molar-refractivity contribution is -0.133. The van der Waals surface area contributed by atoms with E-state index in [0.717, 1.165) is 12.8 Å². The molecular formula is C20H30N2O4S. The summed E-state index contributed by atoms with van der Waals surface area (Å²) in [5, 5.41) is -0.350. The highest BCUT2D eigenvalue weighted by molar-refractivity contribution is 7.90. The monoisotopic (exact) mass is 394 g/mol. The number of amides is 1. The highest BCUT2D eigenvalue weighted by Gasteiger charge is 2.46. The van der Waals surface area contributed by atoms with Gasteiger partial charge in [-0.3, -0.25) is 4.79 Å². The fourth-order valence-electron chi connectivity index (χ4n) is 3.92. The summed E-state index contributed by atoms with van der Waals surface area (Å²) < 4.78 is 33.0. The van der Waals surface area contributed by atoms with E-state index in [2.05, 4.69) is 13.8 Å². The topological polar surface area (TPSA) is 66.9 Å². The van der Waals surface area contributed by atoms with Gasteiger partial charge < -0.3 is 9.64 Å². The van der Waals surface area contributed by atoms with Gasteiger partial charge in [0.05, 0.1) is 5.25 Å². The molecule has 0 aromatic heterocycles. The molecule has 2 aliphatic rings. The van der Waals surface area contributed by atoms with Crippen molar-refractivity contribution in [3.05, 3.63) is 30.3 Å². The number of carbonyl (C=O) groups is 1. The first-order valence-corrected chi connectivity index (χ1v) is 11.3. The minimum Gasteiger partial charge on any atom is -0.484 e. The van der Waals surface area contributed by atoms with E-state index in [9.17, 15) is 13.2 Å². The lowest BCUT2D eigenvalue weighted by atomic mass is 10.0. The third-order valence-corrected chi connectivity index (χ3v) is 8.01. The van der Waals surface area contributed by atoms with E-state index in [4.69, 9.17) is 4.74 Å². The molecule has 6 nitrogen and oxygen atoms in total. The second-order valence-electron chi connectivity index (χ2n) is 7.94. The SMILES string of the molecule is CC(C)CCN1C[C@@H]2CCN(C(=O)COc3ccccc3)CC[C@@H]2S1(=O)=O. The number of nitrogens with zero attached hydrogens (tertiary/aromatic N) is 2. The Morgan fingerprint density at radius 1 is 1.19 bits per heavy atom. The van der Waals surface area contributed by atoms with Gasteiger partial charge in [0.25, 0.3) is 5.91 Å². The van der Waals surface area contributed by atoms with Crippen LogP contribution in [0, 0.1) is 11.8 Å². The highest BCUT2D eigenvalue weighted by Crippen LogP contribution is 2.34. The Morgan fingerprint density at radius 2 is 1.89 bits per heavy atom. The first-order chi connectivity index (χ1) is 12.9. The van der Waals surface area contributed by atoms with E-state index in [1.54, 1.807) is 9.21 Å². The molecule has 150 valence electrons. The molecule has 0 unspecified atom stereocenters. The van der Waals surface area contributed by atoms with Gasteiger partial charge in [-0.1, -0.05) is 32.0 Å². The third-order valence-electron chi connectivity index (χ3n) is 5.57. The average Bonchev–Trinajstić information content (AvgIpc) is 2.78. The van der Waals surface area contributed by atoms with Crippen LogP contribution in [-0.2, 0) is 14.8 Å². The van der Waals surface area contributed by atoms with Gasteiger partial charge in [-0.05, 0) is 43.2 Å². The number of rotatable bonds is 6. The number of hydrogen-bond donors (Lipinski definition) is 0. The molecule has 0 aliphatic carbocycles. The lowest BCUT2D eigenvalue weighted by Gasteiger charge is -2.22.